The average Bonchev–Trinajstić information content (AvgIpc) is 2.78. The molecule has 1 N–H and O–H groups in total. The van der Waals surface area contributed by atoms with Gasteiger partial charge in [0.15, 0.2) is 0 Å². The highest BCUT2D eigenvalue weighted by Crippen LogP contribution is 2.24. The van der Waals surface area contributed by atoms with Crippen molar-refractivity contribution >= 4 is 56.9 Å². The quantitative estimate of drug-likeness (QED) is 0.321. The lowest BCUT2D eigenvalue weighted by molar-refractivity contribution is -0.121. The molecule has 0 unspecified atom stereocenters. The number of carbonyl (C=O) groups excluding carboxylic acids is 1. The van der Waals surface area contributed by atoms with E-state index in [0.717, 1.165) is 15.4 Å². The van der Waals surface area contributed by atoms with Crippen molar-refractivity contribution in [2.45, 2.75) is 18.4 Å². The Morgan fingerprint density at radius 2 is 1.70 bits per heavy atom. The van der Waals surface area contributed by atoms with Gasteiger partial charge in [0.25, 0.3) is 5.91 Å². The van der Waals surface area contributed by atoms with Crippen LogP contribution in [0, 0.1) is 6.92 Å². The Morgan fingerprint density at radius 3 is 2.39 bits per heavy atom. The number of aryl methyl sites for hydroxylation is 1. The van der Waals surface area contributed by atoms with Crippen molar-refractivity contribution in [2.24, 2.45) is 5.10 Å². The minimum atomic E-state index is -3.99. The number of hydrazone groups is 1. The first-order chi connectivity index (χ1) is 15.7. The summed E-state index contributed by atoms with van der Waals surface area (Å²) in [7, 11) is -3.99. The third-order valence-electron chi connectivity index (χ3n) is 4.75. The van der Waals surface area contributed by atoms with E-state index in [1.54, 1.807) is 18.2 Å². The summed E-state index contributed by atoms with van der Waals surface area (Å²) in [4.78, 5) is 12.6. The van der Waals surface area contributed by atoms with Gasteiger partial charge in [0.05, 0.1) is 27.7 Å². The predicted molar refractivity (Wildman–Crippen MR) is 132 cm³/mol. The molecule has 0 fully saturated rings. The van der Waals surface area contributed by atoms with E-state index in [-0.39, 0.29) is 11.4 Å². The lowest BCUT2D eigenvalue weighted by atomic mass is 10.1. The van der Waals surface area contributed by atoms with Gasteiger partial charge in [0, 0.05) is 17.1 Å². The van der Waals surface area contributed by atoms with Crippen LogP contribution in [0.1, 0.15) is 16.7 Å². The molecule has 0 aliphatic rings. The number of carbonyl (C=O) groups is 1. The van der Waals surface area contributed by atoms with E-state index in [1.807, 2.05) is 31.2 Å². The normalized spacial score (nSPS) is 11.8. The summed E-state index contributed by atoms with van der Waals surface area (Å²) >= 11 is 18.0. The number of benzene rings is 3. The van der Waals surface area contributed by atoms with Crippen LogP contribution >= 0.6 is 34.8 Å². The monoisotopic (exact) mass is 523 g/mol. The van der Waals surface area contributed by atoms with E-state index in [1.165, 1.54) is 30.5 Å². The molecule has 3 rings (SSSR count). The Labute approximate surface area is 207 Å². The van der Waals surface area contributed by atoms with Crippen molar-refractivity contribution in [1.82, 2.24) is 9.73 Å². The number of halogens is 3. The summed E-state index contributed by atoms with van der Waals surface area (Å²) in [5.41, 5.74) is 4.53. The number of nitrogens with one attached hydrogen (secondary N) is 1. The summed E-state index contributed by atoms with van der Waals surface area (Å²) in [6, 6.07) is 18.1. The second kappa shape index (κ2) is 11.1. The molecule has 172 valence electrons. The molecule has 1 amide bonds. The maximum Gasteiger partial charge on any atom is 0.255 e. The van der Waals surface area contributed by atoms with Crippen molar-refractivity contribution < 1.29 is 13.2 Å². The van der Waals surface area contributed by atoms with E-state index < -0.39 is 22.5 Å². The fourth-order valence-corrected chi connectivity index (χ4v) is 4.81. The lowest BCUT2D eigenvalue weighted by Crippen LogP contribution is -2.39. The summed E-state index contributed by atoms with van der Waals surface area (Å²) < 4.78 is 27.7. The first-order valence-corrected chi connectivity index (χ1v) is 12.3. The van der Waals surface area contributed by atoms with Gasteiger partial charge in [-0.1, -0.05) is 71.2 Å². The molecular formula is C23H20Cl3N3O3S. The molecule has 3 aromatic rings. The second-order valence-corrected chi connectivity index (χ2v) is 10.2. The SMILES string of the molecule is Cc1ccccc1CN(CC(=O)N/N=C\c1cccc(Cl)c1Cl)S(=O)(=O)c1ccc(Cl)cc1. The molecule has 0 bridgehead atoms. The minimum Gasteiger partial charge on any atom is -0.272 e. The van der Waals surface area contributed by atoms with Crippen LogP contribution in [0.25, 0.3) is 0 Å². The van der Waals surface area contributed by atoms with Crippen molar-refractivity contribution in [3.63, 3.8) is 0 Å². The van der Waals surface area contributed by atoms with E-state index in [4.69, 9.17) is 34.8 Å². The Balaban J connectivity index is 1.82. The van der Waals surface area contributed by atoms with Gasteiger partial charge >= 0.3 is 0 Å². The van der Waals surface area contributed by atoms with Crippen molar-refractivity contribution in [2.75, 3.05) is 6.54 Å². The van der Waals surface area contributed by atoms with Crippen LogP contribution in [-0.2, 0) is 21.4 Å². The zero-order valence-corrected chi connectivity index (χ0v) is 20.6. The van der Waals surface area contributed by atoms with Gasteiger partial charge in [-0.3, -0.25) is 4.79 Å². The number of amides is 1. The predicted octanol–water partition coefficient (Wildman–Crippen LogP) is 5.30. The molecule has 0 radical (unpaired) electrons. The van der Waals surface area contributed by atoms with Gasteiger partial charge in [0.2, 0.25) is 10.0 Å². The maximum atomic E-state index is 13.3. The van der Waals surface area contributed by atoms with Gasteiger partial charge in [-0.15, -0.1) is 0 Å². The number of sulfonamides is 1. The number of hydrogen-bond donors (Lipinski definition) is 1. The summed E-state index contributed by atoms with van der Waals surface area (Å²) in [6.07, 6.45) is 1.34. The molecule has 0 aliphatic heterocycles. The first-order valence-electron chi connectivity index (χ1n) is 9.74. The summed E-state index contributed by atoms with van der Waals surface area (Å²) in [6.45, 7) is 1.44. The third-order valence-corrected chi connectivity index (χ3v) is 7.65. The number of hydrogen-bond acceptors (Lipinski definition) is 4. The van der Waals surface area contributed by atoms with Gasteiger partial charge < -0.3 is 0 Å². The highest BCUT2D eigenvalue weighted by molar-refractivity contribution is 7.89. The van der Waals surface area contributed by atoms with Crippen LogP contribution < -0.4 is 5.43 Å². The molecule has 0 spiro atoms. The standard InChI is InChI=1S/C23H20Cl3N3O3S/c1-16-5-2-3-6-18(16)14-29(33(31,32)20-11-9-19(24)10-12-20)15-22(30)28-27-13-17-7-4-8-21(25)23(17)26/h2-13H,14-15H2,1H3,(H,28,30)/b27-13-. The molecule has 0 atom stereocenters. The van der Waals surface area contributed by atoms with Gasteiger partial charge in [-0.05, 0) is 48.4 Å². The molecule has 6 nitrogen and oxygen atoms in total. The fraction of sp³-hybridized carbons (Fsp3) is 0.130. The Bertz CT molecular complexity index is 1280. The van der Waals surface area contributed by atoms with Crippen molar-refractivity contribution in [3.05, 3.63) is 98.5 Å². The molecular weight excluding hydrogens is 505 g/mol. The van der Waals surface area contributed by atoms with Crippen LogP contribution in [0.3, 0.4) is 0 Å². The molecule has 0 heterocycles. The first kappa shape index (κ1) is 25.2. The molecule has 0 saturated heterocycles. The Kier molecular flexibility index (Phi) is 8.51. The zero-order valence-electron chi connectivity index (χ0n) is 17.5. The Hall–Kier alpha value is -2.42. The summed E-state index contributed by atoms with van der Waals surface area (Å²) in [5, 5.41) is 4.94. The molecule has 0 saturated carbocycles. The highest BCUT2D eigenvalue weighted by atomic mass is 35.5. The lowest BCUT2D eigenvalue weighted by Gasteiger charge is -2.22. The summed E-state index contributed by atoms with van der Waals surface area (Å²) in [5.74, 6) is -0.615. The molecule has 3 aromatic carbocycles. The Morgan fingerprint density at radius 1 is 1.00 bits per heavy atom. The highest BCUT2D eigenvalue weighted by Gasteiger charge is 2.27. The zero-order chi connectivity index (χ0) is 24.0. The molecule has 10 heteroatoms. The largest absolute Gasteiger partial charge is 0.272 e. The van der Waals surface area contributed by atoms with Crippen LogP contribution in [0.4, 0.5) is 0 Å². The number of nitrogens with zero attached hydrogens (tertiary/aromatic N) is 2. The van der Waals surface area contributed by atoms with E-state index in [9.17, 15) is 13.2 Å². The number of rotatable bonds is 8. The van der Waals surface area contributed by atoms with Crippen LogP contribution in [0.2, 0.25) is 15.1 Å². The minimum absolute atomic E-state index is 0.00882. The van der Waals surface area contributed by atoms with Crippen molar-refractivity contribution in [3.8, 4) is 0 Å². The van der Waals surface area contributed by atoms with Gasteiger partial charge in [-0.25, -0.2) is 13.8 Å². The average molecular weight is 525 g/mol. The molecule has 33 heavy (non-hydrogen) atoms. The van der Waals surface area contributed by atoms with Crippen LogP contribution in [-0.4, -0.2) is 31.4 Å². The molecule has 0 aliphatic carbocycles. The van der Waals surface area contributed by atoms with Gasteiger partial charge in [0.1, 0.15) is 0 Å². The topological polar surface area (TPSA) is 78.8 Å². The van der Waals surface area contributed by atoms with Crippen LogP contribution in [0.5, 0.6) is 0 Å². The van der Waals surface area contributed by atoms with E-state index in [2.05, 4.69) is 10.5 Å². The van der Waals surface area contributed by atoms with Crippen LogP contribution in [0.15, 0.2) is 76.7 Å². The van der Waals surface area contributed by atoms with Crippen molar-refractivity contribution in [1.29, 1.82) is 0 Å². The molecule has 0 aromatic heterocycles. The van der Waals surface area contributed by atoms with Gasteiger partial charge in [-0.2, -0.15) is 9.41 Å². The van der Waals surface area contributed by atoms with E-state index >= 15 is 0 Å². The smallest absolute Gasteiger partial charge is 0.255 e. The maximum absolute atomic E-state index is 13.3. The third kappa shape index (κ3) is 6.56. The van der Waals surface area contributed by atoms with E-state index in [0.29, 0.717) is 20.6 Å². The second-order valence-electron chi connectivity index (χ2n) is 7.09. The fourth-order valence-electron chi connectivity index (χ4n) is 2.95.